The number of nitrogens with zero attached hydrogens (tertiary/aromatic N) is 1. The maximum atomic E-state index is 10.9. The summed E-state index contributed by atoms with van der Waals surface area (Å²) in [6, 6.07) is 4.90. The first kappa shape index (κ1) is 14.1. The Morgan fingerprint density at radius 2 is 2.29 bits per heavy atom. The standard InChI is InChI=1S/C11H15ClN2O2S/c1-8(17-2)6-7-13-10-5-3-4-9(12)11(10)14(15)16/h3-5,8,13H,6-7H2,1-2H3. The minimum atomic E-state index is -0.456. The molecule has 1 aromatic rings. The molecule has 0 aliphatic carbocycles. The molecule has 0 spiro atoms. The van der Waals surface area contributed by atoms with Gasteiger partial charge in [0.2, 0.25) is 0 Å². The molecule has 0 aliphatic rings. The predicted molar refractivity (Wildman–Crippen MR) is 74.2 cm³/mol. The number of para-hydroxylation sites is 1. The zero-order valence-electron chi connectivity index (χ0n) is 9.77. The van der Waals surface area contributed by atoms with Crippen LogP contribution in [0.25, 0.3) is 0 Å². The van der Waals surface area contributed by atoms with Crippen molar-refractivity contribution in [2.75, 3.05) is 18.1 Å². The van der Waals surface area contributed by atoms with Gasteiger partial charge in [-0.1, -0.05) is 24.6 Å². The van der Waals surface area contributed by atoms with Crippen molar-refractivity contribution in [2.45, 2.75) is 18.6 Å². The largest absolute Gasteiger partial charge is 0.379 e. The van der Waals surface area contributed by atoms with Gasteiger partial charge in [-0.15, -0.1) is 0 Å². The molecule has 0 fully saturated rings. The average Bonchev–Trinajstić information content (AvgIpc) is 2.28. The first-order valence-electron chi connectivity index (χ1n) is 5.25. The summed E-state index contributed by atoms with van der Waals surface area (Å²) in [6.45, 7) is 2.82. The van der Waals surface area contributed by atoms with E-state index in [1.165, 1.54) is 6.07 Å². The number of rotatable bonds is 6. The summed E-state index contributed by atoms with van der Waals surface area (Å²) in [6.07, 6.45) is 3.00. The maximum absolute atomic E-state index is 10.9. The van der Waals surface area contributed by atoms with Gasteiger partial charge >= 0.3 is 5.69 Å². The van der Waals surface area contributed by atoms with E-state index in [-0.39, 0.29) is 10.7 Å². The monoisotopic (exact) mass is 274 g/mol. The Labute approximate surface area is 110 Å². The highest BCUT2D eigenvalue weighted by Crippen LogP contribution is 2.32. The molecule has 94 valence electrons. The molecule has 0 saturated heterocycles. The highest BCUT2D eigenvalue weighted by atomic mass is 35.5. The van der Waals surface area contributed by atoms with Crippen LogP contribution >= 0.6 is 23.4 Å². The van der Waals surface area contributed by atoms with Crippen LogP contribution in [0.2, 0.25) is 5.02 Å². The van der Waals surface area contributed by atoms with Gasteiger partial charge in [0.15, 0.2) is 0 Å². The van der Waals surface area contributed by atoms with Crippen LogP contribution in [0, 0.1) is 10.1 Å². The number of nitro groups is 1. The third-order valence-corrected chi connectivity index (χ3v) is 3.78. The van der Waals surface area contributed by atoms with Gasteiger partial charge in [0.25, 0.3) is 0 Å². The van der Waals surface area contributed by atoms with Crippen molar-refractivity contribution in [3.05, 3.63) is 33.3 Å². The molecule has 1 rings (SSSR count). The lowest BCUT2D eigenvalue weighted by atomic mass is 10.2. The zero-order chi connectivity index (χ0) is 12.8. The Kier molecular flexibility index (Phi) is 5.58. The van der Waals surface area contributed by atoms with E-state index < -0.39 is 4.92 Å². The quantitative estimate of drug-likeness (QED) is 0.633. The fourth-order valence-electron chi connectivity index (χ4n) is 1.37. The number of halogens is 1. The van der Waals surface area contributed by atoms with E-state index in [1.807, 2.05) is 6.26 Å². The second-order valence-corrected chi connectivity index (χ2v) is 5.34. The van der Waals surface area contributed by atoms with Gasteiger partial charge in [-0.2, -0.15) is 11.8 Å². The second kappa shape index (κ2) is 6.71. The molecule has 0 aliphatic heterocycles. The molecule has 0 saturated carbocycles. The van der Waals surface area contributed by atoms with Gasteiger partial charge in [-0.3, -0.25) is 10.1 Å². The normalized spacial score (nSPS) is 12.2. The summed E-state index contributed by atoms with van der Waals surface area (Å²) in [5.74, 6) is 0. The van der Waals surface area contributed by atoms with E-state index in [9.17, 15) is 10.1 Å². The molecule has 0 heterocycles. The third-order valence-electron chi connectivity index (χ3n) is 2.44. The minimum absolute atomic E-state index is 0.0500. The Morgan fingerprint density at radius 1 is 1.59 bits per heavy atom. The van der Waals surface area contributed by atoms with E-state index in [1.54, 1.807) is 23.9 Å². The minimum Gasteiger partial charge on any atom is -0.379 e. The first-order valence-corrected chi connectivity index (χ1v) is 6.92. The van der Waals surface area contributed by atoms with Crippen LogP contribution in [0.3, 0.4) is 0 Å². The number of nitro benzene ring substituents is 1. The predicted octanol–water partition coefficient (Wildman–Crippen LogP) is 3.80. The Bertz CT molecular complexity index is 401. The van der Waals surface area contributed by atoms with E-state index in [4.69, 9.17) is 11.6 Å². The Morgan fingerprint density at radius 3 is 2.88 bits per heavy atom. The molecule has 1 N–H and O–H groups in total. The number of anilines is 1. The van der Waals surface area contributed by atoms with Crippen molar-refractivity contribution >= 4 is 34.7 Å². The smallest absolute Gasteiger partial charge is 0.310 e. The Balaban J connectivity index is 2.71. The van der Waals surface area contributed by atoms with Gasteiger partial charge in [-0.25, -0.2) is 0 Å². The lowest BCUT2D eigenvalue weighted by Gasteiger charge is -2.10. The number of thioether (sulfide) groups is 1. The van der Waals surface area contributed by atoms with E-state index in [0.717, 1.165) is 6.42 Å². The van der Waals surface area contributed by atoms with Crippen molar-refractivity contribution in [3.8, 4) is 0 Å². The zero-order valence-corrected chi connectivity index (χ0v) is 11.3. The van der Waals surface area contributed by atoms with Crippen molar-refractivity contribution in [2.24, 2.45) is 0 Å². The highest BCUT2D eigenvalue weighted by Gasteiger charge is 2.17. The molecule has 17 heavy (non-hydrogen) atoms. The fraction of sp³-hybridized carbons (Fsp3) is 0.455. The van der Waals surface area contributed by atoms with Gasteiger partial charge < -0.3 is 5.32 Å². The summed E-state index contributed by atoms with van der Waals surface area (Å²) >= 11 is 7.58. The van der Waals surface area contributed by atoms with Gasteiger partial charge in [0.05, 0.1) is 4.92 Å². The van der Waals surface area contributed by atoms with Crippen LogP contribution < -0.4 is 5.32 Å². The summed E-state index contributed by atoms with van der Waals surface area (Å²) in [5.41, 5.74) is 0.432. The molecule has 1 unspecified atom stereocenters. The number of benzene rings is 1. The number of hydrogen-bond acceptors (Lipinski definition) is 4. The molecule has 6 heteroatoms. The summed E-state index contributed by atoms with van der Waals surface area (Å²) in [4.78, 5) is 10.4. The maximum Gasteiger partial charge on any atom is 0.310 e. The molecule has 4 nitrogen and oxygen atoms in total. The summed E-state index contributed by atoms with van der Waals surface area (Å²) < 4.78 is 0. The molecule has 0 aromatic heterocycles. The van der Waals surface area contributed by atoms with Crippen LogP contribution in [-0.2, 0) is 0 Å². The molecule has 1 atom stereocenters. The van der Waals surface area contributed by atoms with Crippen molar-refractivity contribution < 1.29 is 4.92 Å². The number of hydrogen-bond donors (Lipinski definition) is 1. The molecule has 0 radical (unpaired) electrons. The molecule has 1 aromatic carbocycles. The second-order valence-electron chi connectivity index (χ2n) is 3.65. The summed E-state index contributed by atoms with van der Waals surface area (Å²) in [5, 5.41) is 14.6. The average molecular weight is 275 g/mol. The highest BCUT2D eigenvalue weighted by molar-refractivity contribution is 7.99. The van der Waals surface area contributed by atoms with Crippen LogP contribution in [0.5, 0.6) is 0 Å². The van der Waals surface area contributed by atoms with Crippen molar-refractivity contribution in [1.29, 1.82) is 0 Å². The lowest BCUT2D eigenvalue weighted by molar-refractivity contribution is -0.383. The summed E-state index contributed by atoms with van der Waals surface area (Å²) in [7, 11) is 0. The van der Waals surface area contributed by atoms with E-state index in [0.29, 0.717) is 17.5 Å². The van der Waals surface area contributed by atoms with Gasteiger partial charge in [-0.05, 0) is 24.8 Å². The van der Waals surface area contributed by atoms with Gasteiger partial charge in [0.1, 0.15) is 10.7 Å². The van der Waals surface area contributed by atoms with Crippen molar-refractivity contribution in [1.82, 2.24) is 0 Å². The topological polar surface area (TPSA) is 55.2 Å². The molecular formula is C11H15ClN2O2S. The third kappa shape index (κ3) is 4.09. The van der Waals surface area contributed by atoms with Crippen molar-refractivity contribution in [3.63, 3.8) is 0 Å². The fourth-order valence-corrected chi connectivity index (χ4v) is 1.97. The molecular weight excluding hydrogens is 260 g/mol. The number of nitrogens with one attached hydrogen (secondary N) is 1. The Hall–Kier alpha value is -0.940. The lowest BCUT2D eigenvalue weighted by Crippen LogP contribution is -2.09. The molecule has 0 bridgehead atoms. The van der Waals surface area contributed by atoms with Crippen LogP contribution in [0.4, 0.5) is 11.4 Å². The van der Waals surface area contributed by atoms with Crippen LogP contribution in [0.1, 0.15) is 13.3 Å². The van der Waals surface area contributed by atoms with Crippen LogP contribution in [0.15, 0.2) is 18.2 Å². The SMILES string of the molecule is CSC(C)CCNc1cccc(Cl)c1[N+](=O)[O-]. The molecule has 0 amide bonds. The van der Waals surface area contributed by atoms with Gasteiger partial charge in [0, 0.05) is 11.8 Å². The van der Waals surface area contributed by atoms with E-state index in [2.05, 4.69) is 12.2 Å². The van der Waals surface area contributed by atoms with Crippen LogP contribution in [-0.4, -0.2) is 23.0 Å². The van der Waals surface area contributed by atoms with E-state index >= 15 is 0 Å². The first-order chi connectivity index (χ1) is 8.06.